The molecule has 2 rings (SSSR count). The Morgan fingerprint density at radius 3 is 2.37 bits per heavy atom. The molecule has 102 valence electrons. The minimum absolute atomic E-state index is 0.280. The number of rotatable bonds is 6. The molecule has 1 aromatic heterocycles. The van der Waals surface area contributed by atoms with Crippen LogP contribution in [0, 0.1) is 0 Å². The van der Waals surface area contributed by atoms with Crippen molar-refractivity contribution in [1.82, 2.24) is 5.06 Å². The monoisotopic (exact) mass is 277 g/mol. The molecule has 1 aromatic carbocycles. The molecule has 0 aliphatic heterocycles. The van der Waals surface area contributed by atoms with Gasteiger partial charge < -0.3 is 9.57 Å². The summed E-state index contributed by atoms with van der Waals surface area (Å²) in [5.41, 5.74) is 0. The summed E-state index contributed by atoms with van der Waals surface area (Å²) >= 11 is 1.76. The van der Waals surface area contributed by atoms with Crippen LogP contribution in [0.3, 0.4) is 0 Å². The number of hydrogen-bond donors (Lipinski definition) is 0. The Hall–Kier alpha value is -1.52. The van der Waals surface area contributed by atoms with Gasteiger partial charge in [0.05, 0.1) is 13.2 Å². The average molecular weight is 277 g/mol. The maximum absolute atomic E-state index is 5.88. The highest BCUT2D eigenvalue weighted by molar-refractivity contribution is 7.10. The van der Waals surface area contributed by atoms with Crippen molar-refractivity contribution in [2.24, 2.45) is 0 Å². The van der Waals surface area contributed by atoms with Crippen molar-refractivity contribution in [3.8, 4) is 11.5 Å². The van der Waals surface area contributed by atoms with Crippen molar-refractivity contribution in [2.75, 3.05) is 14.2 Å². The number of ether oxygens (including phenoxy) is 1. The fourth-order valence-electron chi connectivity index (χ4n) is 1.98. The van der Waals surface area contributed by atoms with Crippen molar-refractivity contribution in [2.45, 2.75) is 19.4 Å². The lowest BCUT2D eigenvalue weighted by molar-refractivity contribution is -0.0725. The first-order valence-corrected chi connectivity index (χ1v) is 7.20. The predicted octanol–water partition coefficient (Wildman–Crippen LogP) is 4.13. The number of hydroxylamine groups is 2. The van der Waals surface area contributed by atoms with Gasteiger partial charge in [-0.3, -0.25) is 0 Å². The number of methoxy groups -OCH3 is 1. The molecule has 3 nitrogen and oxygen atoms in total. The van der Waals surface area contributed by atoms with E-state index < -0.39 is 0 Å². The summed E-state index contributed by atoms with van der Waals surface area (Å²) in [5, 5.41) is 4.01. The second kappa shape index (κ2) is 6.59. The molecule has 1 heterocycles. The summed E-state index contributed by atoms with van der Waals surface area (Å²) in [6.45, 7) is 2.16. The molecule has 2 aromatic rings. The standard InChI is InChI=1S/C15H19NO2S/c1-4-14(15-6-5-11-19-15)16(2)18-13-9-7-12(17-3)8-10-13/h5-11,14H,4H2,1-3H3. The maximum atomic E-state index is 5.88. The van der Waals surface area contributed by atoms with Crippen LogP contribution in [0.1, 0.15) is 24.3 Å². The molecule has 0 aliphatic carbocycles. The lowest BCUT2D eigenvalue weighted by atomic mass is 10.2. The molecule has 1 atom stereocenters. The van der Waals surface area contributed by atoms with Crippen molar-refractivity contribution in [1.29, 1.82) is 0 Å². The van der Waals surface area contributed by atoms with Gasteiger partial charge in [-0.25, -0.2) is 0 Å². The summed E-state index contributed by atoms with van der Waals surface area (Å²) in [4.78, 5) is 7.19. The minimum Gasteiger partial charge on any atom is -0.497 e. The largest absolute Gasteiger partial charge is 0.497 e. The molecule has 4 heteroatoms. The van der Waals surface area contributed by atoms with Crippen LogP contribution in [0.15, 0.2) is 41.8 Å². The summed E-state index contributed by atoms with van der Waals surface area (Å²) < 4.78 is 5.13. The molecule has 0 saturated heterocycles. The molecule has 19 heavy (non-hydrogen) atoms. The summed E-state index contributed by atoms with van der Waals surface area (Å²) in [5.74, 6) is 1.65. The molecule has 0 radical (unpaired) electrons. The third-order valence-corrected chi connectivity index (χ3v) is 3.98. The summed E-state index contributed by atoms with van der Waals surface area (Å²) in [6, 6.07) is 12.1. The first-order valence-electron chi connectivity index (χ1n) is 6.33. The second-order valence-electron chi connectivity index (χ2n) is 4.25. The average Bonchev–Trinajstić information content (AvgIpc) is 2.94. The van der Waals surface area contributed by atoms with Gasteiger partial charge in [-0.15, -0.1) is 16.4 Å². The fourth-order valence-corrected chi connectivity index (χ4v) is 2.93. The lowest BCUT2D eigenvalue weighted by Gasteiger charge is -2.25. The zero-order valence-electron chi connectivity index (χ0n) is 11.5. The molecular formula is C15H19NO2S. The van der Waals surface area contributed by atoms with Crippen LogP contribution in [0.25, 0.3) is 0 Å². The Morgan fingerprint density at radius 1 is 1.16 bits per heavy atom. The van der Waals surface area contributed by atoms with Crippen LogP contribution in [0.4, 0.5) is 0 Å². The highest BCUT2D eigenvalue weighted by Gasteiger charge is 2.17. The van der Waals surface area contributed by atoms with E-state index in [9.17, 15) is 0 Å². The molecule has 0 saturated carbocycles. The zero-order valence-corrected chi connectivity index (χ0v) is 12.3. The maximum Gasteiger partial charge on any atom is 0.147 e. The van der Waals surface area contributed by atoms with E-state index in [-0.39, 0.29) is 6.04 Å². The first kappa shape index (κ1) is 13.9. The van der Waals surface area contributed by atoms with Gasteiger partial charge in [0.1, 0.15) is 11.5 Å². The van der Waals surface area contributed by atoms with Gasteiger partial charge in [0.25, 0.3) is 0 Å². The summed E-state index contributed by atoms with van der Waals surface area (Å²) in [7, 11) is 3.63. The van der Waals surface area contributed by atoms with Crippen LogP contribution < -0.4 is 9.57 Å². The number of benzene rings is 1. The van der Waals surface area contributed by atoms with Crippen LogP contribution >= 0.6 is 11.3 Å². The Balaban J connectivity index is 2.04. The van der Waals surface area contributed by atoms with E-state index in [1.54, 1.807) is 18.4 Å². The van der Waals surface area contributed by atoms with Crippen LogP contribution in [0.2, 0.25) is 0 Å². The van der Waals surface area contributed by atoms with E-state index in [2.05, 4.69) is 24.4 Å². The van der Waals surface area contributed by atoms with E-state index in [1.807, 2.05) is 36.4 Å². The molecule has 1 unspecified atom stereocenters. The smallest absolute Gasteiger partial charge is 0.147 e. The topological polar surface area (TPSA) is 21.7 Å². The van der Waals surface area contributed by atoms with Crippen molar-refractivity contribution in [3.05, 3.63) is 46.7 Å². The third-order valence-electron chi connectivity index (χ3n) is 3.01. The van der Waals surface area contributed by atoms with Crippen LogP contribution in [-0.2, 0) is 0 Å². The van der Waals surface area contributed by atoms with Gasteiger partial charge in [0, 0.05) is 11.9 Å². The molecule has 0 fully saturated rings. The Bertz CT molecular complexity index is 481. The highest BCUT2D eigenvalue weighted by Crippen LogP contribution is 2.28. The van der Waals surface area contributed by atoms with Gasteiger partial charge in [0.15, 0.2) is 0 Å². The normalized spacial score (nSPS) is 12.4. The number of thiophene rings is 1. The van der Waals surface area contributed by atoms with E-state index in [0.717, 1.165) is 17.9 Å². The van der Waals surface area contributed by atoms with Gasteiger partial charge >= 0.3 is 0 Å². The molecule has 0 spiro atoms. The molecular weight excluding hydrogens is 258 g/mol. The third kappa shape index (κ3) is 3.49. The van der Waals surface area contributed by atoms with Gasteiger partial charge in [-0.2, -0.15) is 0 Å². The Kier molecular flexibility index (Phi) is 4.82. The molecule has 0 amide bonds. The van der Waals surface area contributed by atoms with Gasteiger partial charge in [0.2, 0.25) is 0 Å². The second-order valence-corrected chi connectivity index (χ2v) is 5.23. The van der Waals surface area contributed by atoms with Crippen molar-refractivity contribution < 1.29 is 9.57 Å². The highest BCUT2D eigenvalue weighted by atomic mass is 32.1. The molecule has 0 N–H and O–H groups in total. The molecule has 0 bridgehead atoms. The summed E-state index contributed by atoms with van der Waals surface area (Å²) in [6.07, 6.45) is 1.01. The number of hydrogen-bond acceptors (Lipinski definition) is 4. The molecule has 0 aliphatic rings. The zero-order chi connectivity index (χ0) is 13.7. The quantitative estimate of drug-likeness (QED) is 0.741. The number of nitrogens with zero attached hydrogens (tertiary/aromatic N) is 1. The van der Waals surface area contributed by atoms with E-state index >= 15 is 0 Å². The van der Waals surface area contributed by atoms with E-state index in [0.29, 0.717) is 0 Å². The fraction of sp³-hybridized carbons (Fsp3) is 0.333. The van der Waals surface area contributed by atoms with Crippen LogP contribution in [0.5, 0.6) is 11.5 Å². The van der Waals surface area contributed by atoms with Crippen LogP contribution in [-0.4, -0.2) is 19.2 Å². The van der Waals surface area contributed by atoms with E-state index in [4.69, 9.17) is 9.57 Å². The van der Waals surface area contributed by atoms with Crippen molar-refractivity contribution >= 4 is 11.3 Å². The van der Waals surface area contributed by atoms with E-state index in [1.165, 1.54) is 4.88 Å². The predicted molar refractivity (Wildman–Crippen MR) is 78.7 cm³/mol. The SMILES string of the molecule is CCC(c1cccs1)N(C)Oc1ccc(OC)cc1. The van der Waals surface area contributed by atoms with Crippen molar-refractivity contribution in [3.63, 3.8) is 0 Å². The minimum atomic E-state index is 0.280. The van der Waals surface area contributed by atoms with Gasteiger partial charge in [-0.05, 0) is 42.1 Å². The van der Waals surface area contributed by atoms with Gasteiger partial charge in [-0.1, -0.05) is 13.0 Å². The Labute approximate surface area is 118 Å². The Morgan fingerprint density at radius 2 is 1.84 bits per heavy atom. The lowest BCUT2D eigenvalue weighted by Crippen LogP contribution is -2.27. The first-order chi connectivity index (χ1) is 9.24.